The van der Waals surface area contributed by atoms with Crippen molar-refractivity contribution in [3.63, 3.8) is 0 Å². The molecule has 32 heavy (non-hydrogen) atoms. The first-order chi connectivity index (χ1) is 14.8. The van der Waals surface area contributed by atoms with Crippen molar-refractivity contribution < 1.29 is 40.3 Å². The van der Waals surface area contributed by atoms with Crippen LogP contribution in [0.1, 0.15) is 21.6 Å². The highest BCUT2D eigenvalue weighted by Crippen LogP contribution is 2.54. The van der Waals surface area contributed by atoms with Gasteiger partial charge in [0.25, 0.3) is 0 Å². The number of hydrogen-bond acceptors (Lipinski definition) is 2. The van der Waals surface area contributed by atoms with Crippen LogP contribution in [0.5, 0.6) is 0 Å². The molecule has 0 aliphatic heterocycles. The quantitative estimate of drug-likeness (QED) is 0.321. The number of aromatic nitrogens is 1. The van der Waals surface area contributed by atoms with Crippen LogP contribution in [0.15, 0.2) is 60.8 Å². The maximum atomic E-state index is 15.0. The lowest BCUT2D eigenvalue weighted by Gasteiger charge is -2.29. The molecule has 1 heterocycles. The first kappa shape index (κ1) is 23.4. The van der Waals surface area contributed by atoms with Crippen molar-refractivity contribution in [2.24, 2.45) is 0 Å². The number of halogens is 7. The Morgan fingerprint density at radius 3 is 1.94 bits per heavy atom. The van der Waals surface area contributed by atoms with Crippen LogP contribution in [0, 0.1) is 6.92 Å². The molecule has 0 saturated carbocycles. The molecule has 3 nitrogen and oxygen atoms in total. The summed E-state index contributed by atoms with van der Waals surface area (Å²) in [5, 5.41) is 0. The van der Waals surface area contributed by atoms with Gasteiger partial charge in [0, 0.05) is 17.4 Å². The molecule has 170 valence electrons. The molecule has 0 aliphatic rings. The average Bonchev–Trinajstić information content (AvgIpc) is 3.15. The molecule has 0 saturated heterocycles. The summed E-state index contributed by atoms with van der Waals surface area (Å²) in [4.78, 5) is 12.5. The Labute approximate surface area is 178 Å². The summed E-state index contributed by atoms with van der Waals surface area (Å²) in [5.41, 5.74) is -2.51. The summed E-state index contributed by atoms with van der Waals surface area (Å²) in [6, 6.07) is 12.8. The zero-order chi connectivity index (χ0) is 23.9. The lowest BCUT2D eigenvalue weighted by molar-refractivity contribution is -0.360. The molecule has 3 aromatic rings. The second-order valence-corrected chi connectivity index (χ2v) is 6.98. The Bertz CT molecular complexity index is 1120. The molecule has 0 atom stereocenters. The number of esters is 1. The molecule has 3 rings (SSSR count). The lowest BCUT2D eigenvalue weighted by Crippen LogP contribution is -2.51. The number of hydrogen-bond donors (Lipinski definition) is 0. The molecular weight excluding hydrogens is 443 g/mol. The number of ether oxygens (including phenoxy) is 1. The first-order valence-corrected chi connectivity index (χ1v) is 9.12. The van der Waals surface area contributed by atoms with Crippen molar-refractivity contribution in [2.45, 2.75) is 24.9 Å². The van der Waals surface area contributed by atoms with E-state index in [-0.39, 0.29) is 16.8 Å². The van der Waals surface area contributed by atoms with E-state index in [1.165, 1.54) is 48.5 Å². The van der Waals surface area contributed by atoms with Gasteiger partial charge in [0.15, 0.2) is 0 Å². The Hall–Kier alpha value is -3.30. The number of nitrogens with zero attached hydrogens (tertiary/aromatic N) is 1. The zero-order valence-electron chi connectivity index (χ0n) is 16.7. The Morgan fingerprint density at radius 2 is 1.44 bits per heavy atom. The van der Waals surface area contributed by atoms with Crippen molar-refractivity contribution in [1.29, 1.82) is 0 Å². The van der Waals surface area contributed by atoms with Crippen LogP contribution in [0.3, 0.4) is 0 Å². The summed E-state index contributed by atoms with van der Waals surface area (Å²) >= 11 is 0. The summed E-state index contributed by atoms with van der Waals surface area (Å²) in [6.07, 6.45) is -5.67. The van der Waals surface area contributed by atoms with Gasteiger partial charge in [-0.2, -0.15) is 30.7 Å². The van der Waals surface area contributed by atoms with Gasteiger partial charge in [0.1, 0.15) is 5.69 Å². The minimum Gasteiger partial charge on any atom is -0.465 e. The van der Waals surface area contributed by atoms with E-state index >= 15 is 8.78 Å². The maximum absolute atomic E-state index is 15.0. The fraction of sp³-hybridized carbons (Fsp3) is 0.227. The first-order valence-electron chi connectivity index (χ1n) is 9.12. The minimum absolute atomic E-state index is 0.143. The summed E-state index contributed by atoms with van der Waals surface area (Å²) in [6.45, 7) is 1.67. The standard InChI is InChI=1S/C22H16F7NO2/c1-13-8-10-15(11-9-13)30-12-16(14-6-4-3-5-7-14)17(19(31)32-2)18(30)20(23,24)21(25,26)22(27,28)29/h3-12H,1-2H3. The summed E-state index contributed by atoms with van der Waals surface area (Å²) in [5.74, 6) is -13.8. The highest BCUT2D eigenvalue weighted by atomic mass is 19.4. The predicted molar refractivity (Wildman–Crippen MR) is 102 cm³/mol. The highest BCUT2D eigenvalue weighted by molar-refractivity contribution is 5.99. The molecule has 2 aromatic carbocycles. The van der Waals surface area contributed by atoms with E-state index in [1.807, 2.05) is 0 Å². The van der Waals surface area contributed by atoms with E-state index in [4.69, 9.17) is 0 Å². The third-order valence-electron chi connectivity index (χ3n) is 4.84. The molecule has 0 spiro atoms. The molecule has 0 N–H and O–H groups in total. The van der Waals surface area contributed by atoms with Crippen molar-refractivity contribution in [3.8, 4) is 16.8 Å². The van der Waals surface area contributed by atoms with E-state index in [1.54, 1.807) is 13.0 Å². The van der Waals surface area contributed by atoms with Gasteiger partial charge in [-0.05, 0) is 24.6 Å². The van der Waals surface area contributed by atoms with Crippen LogP contribution in [0.25, 0.3) is 16.8 Å². The molecule has 10 heteroatoms. The predicted octanol–water partition coefficient (Wildman–Crippen LogP) is 6.53. The van der Waals surface area contributed by atoms with Crippen molar-refractivity contribution in [1.82, 2.24) is 4.57 Å². The molecule has 0 amide bonds. The average molecular weight is 459 g/mol. The SMILES string of the molecule is COC(=O)c1c(-c2ccccc2)cn(-c2ccc(C)cc2)c1C(F)(F)C(F)(F)C(F)(F)F. The minimum atomic E-state index is -6.58. The van der Waals surface area contributed by atoms with Gasteiger partial charge in [0.05, 0.1) is 12.7 Å². The molecule has 0 aliphatic carbocycles. The molecule has 0 unspecified atom stereocenters. The fourth-order valence-corrected chi connectivity index (χ4v) is 3.20. The van der Waals surface area contributed by atoms with E-state index in [9.17, 15) is 26.7 Å². The Balaban J connectivity index is 2.46. The van der Waals surface area contributed by atoms with Gasteiger partial charge in [0.2, 0.25) is 0 Å². The van der Waals surface area contributed by atoms with Crippen LogP contribution in [-0.4, -0.2) is 29.7 Å². The van der Waals surface area contributed by atoms with Crippen molar-refractivity contribution in [3.05, 3.63) is 77.6 Å². The van der Waals surface area contributed by atoms with E-state index in [2.05, 4.69) is 4.74 Å². The number of benzene rings is 2. The Morgan fingerprint density at radius 1 is 0.875 bits per heavy atom. The van der Waals surface area contributed by atoms with Crippen LogP contribution >= 0.6 is 0 Å². The fourth-order valence-electron chi connectivity index (χ4n) is 3.20. The number of carbonyl (C=O) groups is 1. The second-order valence-electron chi connectivity index (χ2n) is 6.98. The third kappa shape index (κ3) is 3.74. The lowest BCUT2D eigenvalue weighted by atomic mass is 9.98. The number of aryl methyl sites for hydroxylation is 1. The Kier molecular flexibility index (Phi) is 5.84. The molecule has 1 aromatic heterocycles. The number of alkyl halides is 7. The second kappa shape index (κ2) is 7.99. The van der Waals surface area contributed by atoms with Crippen molar-refractivity contribution >= 4 is 5.97 Å². The third-order valence-corrected chi connectivity index (χ3v) is 4.84. The zero-order valence-corrected chi connectivity index (χ0v) is 16.7. The normalized spacial score (nSPS) is 12.7. The van der Waals surface area contributed by atoms with Gasteiger partial charge in [-0.3, -0.25) is 0 Å². The van der Waals surface area contributed by atoms with E-state index < -0.39 is 35.2 Å². The van der Waals surface area contributed by atoms with Crippen LogP contribution in [-0.2, 0) is 10.7 Å². The smallest absolute Gasteiger partial charge is 0.460 e. The van der Waals surface area contributed by atoms with Crippen LogP contribution in [0.2, 0.25) is 0 Å². The molecule has 0 radical (unpaired) electrons. The highest BCUT2D eigenvalue weighted by Gasteiger charge is 2.75. The van der Waals surface area contributed by atoms with Crippen molar-refractivity contribution in [2.75, 3.05) is 7.11 Å². The summed E-state index contributed by atoms with van der Waals surface area (Å²) in [7, 11) is 0.810. The monoisotopic (exact) mass is 459 g/mol. The van der Waals surface area contributed by atoms with Gasteiger partial charge >= 0.3 is 24.0 Å². The van der Waals surface area contributed by atoms with E-state index in [0.29, 0.717) is 10.1 Å². The maximum Gasteiger partial charge on any atom is 0.460 e. The largest absolute Gasteiger partial charge is 0.465 e. The number of methoxy groups -OCH3 is 1. The van der Waals surface area contributed by atoms with Crippen LogP contribution < -0.4 is 0 Å². The number of rotatable bonds is 5. The van der Waals surface area contributed by atoms with Gasteiger partial charge in [-0.1, -0.05) is 48.0 Å². The van der Waals surface area contributed by atoms with Gasteiger partial charge in [-0.15, -0.1) is 0 Å². The van der Waals surface area contributed by atoms with Gasteiger partial charge in [-0.25, -0.2) is 4.79 Å². The van der Waals surface area contributed by atoms with Gasteiger partial charge < -0.3 is 9.30 Å². The summed E-state index contributed by atoms with van der Waals surface area (Å²) < 4.78 is 102. The molecule has 0 fully saturated rings. The van der Waals surface area contributed by atoms with E-state index in [0.717, 1.165) is 13.3 Å². The molecule has 0 bridgehead atoms. The topological polar surface area (TPSA) is 31.2 Å². The van der Waals surface area contributed by atoms with Crippen LogP contribution in [0.4, 0.5) is 30.7 Å². The number of carbonyl (C=O) groups excluding carboxylic acids is 1. The molecular formula is C22H16F7NO2.